The molecule has 1 amide bonds. The molecule has 0 saturated carbocycles. The van der Waals surface area contributed by atoms with E-state index in [0.29, 0.717) is 18.9 Å². The molecular formula is C20H26N2O7S2. The van der Waals surface area contributed by atoms with E-state index >= 15 is 0 Å². The number of amides is 1. The molecular weight excluding hydrogens is 444 g/mol. The van der Waals surface area contributed by atoms with Crippen molar-refractivity contribution in [3.63, 3.8) is 0 Å². The van der Waals surface area contributed by atoms with Gasteiger partial charge in [-0.2, -0.15) is 0 Å². The van der Waals surface area contributed by atoms with Crippen molar-refractivity contribution in [2.75, 3.05) is 48.7 Å². The number of sulfonamides is 1. The molecule has 0 fully saturated rings. The normalized spacial score (nSPS) is 11.8. The molecule has 0 unspecified atom stereocenters. The van der Waals surface area contributed by atoms with E-state index in [1.54, 1.807) is 12.1 Å². The fourth-order valence-electron chi connectivity index (χ4n) is 2.56. The number of para-hydroxylation sites is 1. The van der Waals surface area contributed by atoms with Crippen LogP contribution in [0.2, 0.25) is 0 Å². The van der Waals surface area contributed by atoms with Crippen molar-refractivity contribution >= 4 is 37.1 Å². The van der Waals surface area contributed by atoms with Crippen LogP contribution < -0.4 is 9.62 Å². The van der Waals surface area contributed by atoms with E-state index in [0.717, 1.165) is 10.6 Å². The van der Waals surface area contributed by atoms with Crippen molar-refractivity contribution in [1.82, 2.24) is 0 Å². The second kappa shape index (κ2) is 10.7. The first-order valence-electron chi connectivity index (χ1n) is 9.39. The molecule has 0 radical (unpaired) electrons. The van der Waals surface area contributed by atoms with Crippen molar-refractivity contribution in [3.8, 4) is 0 Å². The van der Waals surface area contributed by atoms with Gasteiger partial charge in [0.2, 0.25) is 19.9 Å². The fraction of sp³-hybridized carbons (Fsp3) is 0.350. The van der Waals surface area contributed by atoms with Crippen molar-refractivity contribution in [2.45, 2.75) is 11.8 Å². The first-order valence-corrected chi connectivity index (χ1v) is 12.9. The number of ether oxygens (including phenoxy) is 2. The predicted octanol–water partition coefficient (Wildman–Crippen LogP) is 2.12. The van der Waals surface area contributed by atoms with E-state index in [9.17, 15) is 21.6 Å². The number of carbonyl (C=O) groups is 1. The second-order valence-electron chi connectivity index (χ2n) is 6.56. The van der Waals surface area contributed by atoms with Crippen LogP contribution in [0.25, 0.3) is 0 Å². The minimum atomic E-state index is -3.64. The zero-order valence-electron chi connectivity index (χ0n) is 17.6. The van der Waals surface area contributed by atoms with Crippen LogP contribution in [0.15, 0.2) is 53.4 Å². The summed E-state index contributed by atoms with van der Waals surface area (Å²) in [5.74, 6) is -1.00. The summed E-state index contributed by atoms with van der Waals surface area (Å²) in [6.07, 6.45) is 1.04. The Labute approximate surface area is 182 Å². The first-order chi connectivity index (χ1) is 14.6. The Bertz CT molecular complexity index is 1100. The molecule has 0 atom stereocenters. The van der Waals surface area contributed by atoms with Gasteiger partial charge in [0, 0.05) is 19.3 Å². The van der Waals surface area contributed by atoms with Gasteiger partial charge in [-0.1, -0.05) is 12.1 Å². The summed E-state index contributed by atoms with van der Waals surface area (Å²) in [4.78, 5) is 12.7. The van der Waals surface area contributed by atoms with Crippen LogP contribution in [-0.4, -0.2) is 61.8 Å². The van der Waals surface area contributed by atoms with Crippen molar-refractivity contribution in [1.29, 1.82) is 0 Å². The highest BCUT2D eigenvalue weighted by molar-refractivity contribution is 7.92. The van der Waals surface area contributed by atoms with Gasteiger partial charge in [0.15, 0.2) is 5.94 Å². The molecule has 2 aromatic carbocycles. The predicted molar refractivity (Wildman–Crippen MR) is 119 cm³/mol. The average molecular weight is 471 g/mol. The van der Waals surface area contributed by atoms with Crippen molar-refractivity contribution in [2.24, 2.45) is 0 Å². The zero-order chi connectivity index (χ0) is 23.1. The number of hydrogen-bond acceptors (Lipinski definition) is 7. The van der Waals surface area contributed by atoms with E-state index in [2.05, 4.69) is 5.32 Å². The molecule has 2 aromatic rings. The standard InChI is InChI=1S/C20H26N2O7S2/c1-4-28-13-14-29-15-31(26,27)17-11-9-16(10-12-17)21-20(23)18-7-5-6-8-19(18)22(2)30(3,24)25/h5-12H,4,13-15H2,1-3H3,(H,21,23). The zero-order valence-corrected chi connectivity index (χ0v) is 19.2. The van der Waals surface area contributed by atoms with E-state index < -0.39 is 31.7 Å². The molecule has 0 aliphatic rings. The van der Waals surface area contributed by atoms with Crippen LogP contribution in [-0.2, 0) is 29.3 Å². The Hall–Kier alpha value is -2.47. The molecule has 0 saturated heterocycles. The fourth-order valence-corrected chi connectivity index (χ4v) is 4.10. The summed E-state index contributed by atoms with van der Waals surface area (Å²) < 4.78 is 59.6. The highest BCUT2D eigenvalue weighted by Gasteiger charge is 2.20. The van der Waals surface area contributed by atoms with Gasteiger partial charge in [-0.25, -0.2) is 16.8 Å². The van der Waals surface area contributed by atoms with Gasteiger partial charge < -0.3 is 14.8 Å². The van der Waals surface area contributed by atoms with Crippen LogP contribution >= 0.6 is 0 Å². The molecule has 9 nitrogen and oxygen atoms in total. The summed E-state index contributed by atoms with van der Waals surface area (Å²) in [6.45, 7) is 2.84. The average Bonchev–Trinajstić information content (AvgIpc) is 2.72. The molecule has 11 heteroatoms. The third kappa shape index (κ3) is 7.03. The minimum absolute atomic E-state index is 0.0547. The van der Waals surface area contributed by atoms with Crippen LogP contribution in [0, 0.1) is 0 Å². The van der Waals surface area contributed by atoms with Gasteiger partial charge in [0.05, 0.1) is 35.6 Å². The number of sulfone groups is 1. The maximum atomic E-state index is 12.7. The third-order valence-electron chi connectivity index (χ3n) is 4.27. The lowest BCUT2D eigenvalue weighted by Gasteiger charge is -2.19. The van der Waals surface area contributed by atoms with Gasteiger partial charge >= 0.3 is 0 Å². The molecule has 0 heterocycles. The molecule has 170 valence electrons. The molecule has 2 rings (SSSR count). The maximum Gasteiger partial charge on any atom is 0.257 e. The van der Waals surface area contributed by atoms with Gasteiger partial charge in [0.25, 0.3) is 5.91 Å². The van der Waals surface area contributed by atoms with Gasteiger partial charge in [-0.15, -0.1) is 0 Å². The number of nitrogens with zero attached hydrogens (tertiary/aromatic N) is 1. The van der Waals surface area contributed by atoms with Gasteiger partial charge in [0.1, 0.15) is 0 Å². The number of anilines is 2. The Morgan fingerprint density at radius 3 is 2.19 bits per heavy atom. The lowest BCUT2D eigenvalue weighted by atomic mass is 10.1. The monoisotopic (exact) mass is 470 g/mol. The molecule has 0 aliphatic carbocycles. The number of carbonyl (C=O) groups excluding carboxylic acids is 1. The second-order valence-corrected chi connectivity index (χ2v) is 10.5. The number of rotatable bonds is 11. The van der Waals surface area contributed by atoms with E-state index in [1.165, 1.54) is 43.4 Å². The topological polar surface area (TPSA) is 119 Å². The van der Waals surface area contributed by atoms with Gasteiger partial charge in [-0.05, 0) is 43.3 Å². The minimum Gasteiger partial charge on any atom is -0.379 e. The van der Waals surface area contributed by atoms with Crippen molar-refractivity contribution < 1.29 is 31.1 Å². The SMILES string of the molecule is CCOCCOCS(=O)(=O)c1ccc(NC(=O)c2ccccc2N(C)S(C)(=O)=O)cc1. The summed E-state index contributed by atoms with van der Waals surface area (Å²) in [5.41, 5.74) is 0.749. The first kappa shape index (κ1) is 24.8. The summed E-state index contributed by atoms with van der Waals surface area (Å²) in [6, 6.07) is 11.9. The smallest absolute Gasteiger partial charge is 0.257 e. The summed E-state index contributed by atoms with van der Waals surface area (Å²) >= 11 is 0. The maximum absolute atomic E-state index is 12.7. The molecule has 1 N–H and O–H groups in total. The number of nitrogens with one attached hydrogen (secondary N) is 1. The van der Waals surface area contributed by atoms with E-state index in [1.807, 2.05) is 6.92 Å². The lowest BCUT2D eigenvalue weighted by Crippen LogP contribution is -2.27. The molecule has 0 spiro atoms. The van der Waals surface area contributed by atoms with Gasteiger partial charge in [-0.3, -0.25) is 9.10 Å². The number of hydrogen-bond donors (Lipinski definition) is 1. The Balaban J connectivity index is 2.10. The Morgan fingerprint density at radius 1 is 0.968 bits per heavy atom. The summed E-state index contributed by atoms with van der Waals surface area (Å²) in [5, 5.41) is 2.65. The van der Waals surface area contributed by atoms with Crippen LogP contribution in [0.4, 0.5) is 11.4 Å². The van der Waals surface area contributed by atoms with E-state index in [4.69, 9.17) is 9.47 Å². The molecule has 0 aromatic heterocycles. The summed E-state index contributed by atoms with van der Waals surface area (Å²) in [7, 11) is -5.84. The van der Waals surface area contributed by atoms with E-state index in [-0.39, 0.29) is 22.8 Å². The Kier molecular flexibility index (Phi) is 8.57. The molecule has 0 aliphatic heterocycles. The lowest BCUT2D eigenvalue weighted by molar-refractivity contribution is 0.0703. The number of benzene rings is 2. The van der Waals surface area contributed by atoms with Crippen LogP contribution in [0.3, 0.4) is 0 Å². The molecule has 31 heavy (non-hydrogen) atoms. The van der Waals surface area contributed by atoms with Crippen LogP contribution in [0.1, 0.15) is 17.3 Å². The Morgan fingerprint density at radius 2 is 1.58 bits per heavy atom. The quantitative estimate of drug-likeness (QED) is 0.500. The van der Waals surface area contributed by atoms with Crippen LogP contribution in [0.5, 0.6) is 0 Å². The largest absolute Gasteiger partial charge is 0.379 e. The highest BCUT2D eigenvalue weighted by atomic mass is 32.2. The highest BCUT2D eigenvalue weighted by Crippen LogP contribution is 2.23. The van der Waals surface area contributed by atoms with Crippen molar-refractivity contribution in [3.05, 3.63) is 54.1 Å². The third-order valence-corrected chi connectivity index (χ3v) is 6.93. The molecule has 0 bridgehead atoms.